The molecule has 0 aliphatic carbocycles. The number of aromatic nitrogens is 2. The zero-order valence-electron chi connectivity index (χ0n) is 30.4. The third kappa shape index (κ3) is 5.97. The van der Waals surface area contributed by atoms with E-state index in [-0.39, 0.29) is 0 Å². The fourth-order valence-corrected chi connectivity index (χ4v) is 7.87. The van der Waals surface area contributed by atoms with Gasteiger partial charge in [0.2, 0.25) is 0 Å². The first-order chi connectivity index (χ1) is 27.7. The van der Waals surface area contributed by atoms with Crippen molar-refractivity contribution in [3.63, 3.8) is 0 Å². The Morgan fingerprint density at radius 2 is 0.679 bits per heavy atom. The highest BCUT2D eigenvalue weighted by molar-refractivity contribution is 6.05. The van der Waals surface area contributed by atoms with E-state index in [0.717, 1.165) is 55.8 Å². The van der Waals surface area contributed by atoms with E-state index in [4.69, 9.17) is 16.5 Å². The number of benzene rings is 9. The van der Waals surface area contributed by atoms with E-state index in [1.807, 2.05) is 48.5 Å². The van der Waals surface area contributed by atoms with E-state index >= 15 is 0 Å². The topological polar surface area (TPSA) is 30.1 Å². The Bertz CT molecular complexity index is 3100. The number of hydrogen-bond acceptors (Lipinski definition) is 2. The van der Waals surface area contributed by atoms with Gasteiger partial charge in [0.25, 0.3) is 0 Å². The molecule has 3 nitrogen and oxygen atoms in total. The highest BCUT2D eigenvalue weighted by Crippen LogP contribution is 2.39. The van der Waals surface area contributed by atoms with Crippen molar-refractivity contribution in [2.75, 3.05) is 0 Å². The second kappa shape index (κ2) is 14.0. The van der Waals surface area contributed by atoms with Crippen molar-refractivity contribution in [1.29, 1.82) is 0 Å². The van der Waals surface area contributed by atoms with Crippen LogP contribution in [0.5, 0.6) is 0 Å². The number of fused-ring (bicyclic) bond motifs is 3. The Labute approximate surface area is 325 Å². The zero-order chi connectivity index (χ0) is 37.4. The van der Waals surface area contributed by atoms with Crippen LogP contribution in [0.1, 0.15) is 0 Å². The molecule has 9 aromatic carbocycles. The van der Waals surface area contributed by atoms with Crippen LogP contribution in [0.2, 0.25) is 0 Å². The van der Waals surface area contributed by atoms with Crippen LogP contribution in [0.3, 0.4) is 0 Å². The molecule has 10 aromatic rings. The molecule has 0 aliphatic rings. The fraction of sp³-hybridized carbons (Fsp3) is 0. The SMILES string of the molecule is [C-]#[N+]c1ccc(-c2ccc(-c3ccc(-c4ccc(-c5nc6ccccc6nc5-c5ccc(-c6cccc7ccccc67)cc5)cc4)c4ccccc34)cc2)cc1. The molecule has 0 spiro atoms. The lowest BCUT2D eigenvalue weighted by atomic mass is 9.91. The lowest BCUT2D eigenvalue weighted by Crippen LogP contribution is -1.96. The molecular formula is C53H33N3. The quantitative estimate of drug-likeness (QED) is 0.161. The van der Waals surface area contributed by atoms with Crippen molar-refractivity contribution in [3.05, 3.63) is 212 Å². The van der Waals surface area contributed by atoms with Crippen molar-refractivity contribution >= 4 is 38.3 Å². The first-order valence-corrected chi connectivity index (χ1v) is 18.8. The van der Waals surface area contributed by atoms with E-state index in [1.54, 1.807) is 0 Å². The first-order valence-electron chi connectivity index (χ1n) is 18.8. The summed E-state index contributed by atoms with van der Waals surface area (Å²) in [6.45, 7) is 7.25. The van der Waals surface area contributed by atoms with Crippen LogP contribution in [0.4, 0.5) is 5.69 Å². The maximum atomic E-state index is 7.25. The standard InChI is InChI=1S/C53H33N3/c1-54-43-31-29-36(30-32-43)35-17-19-39(20-18-35)46-33-34-47(49-13-5-4-12-48(46)49)40-23-27-42(28-24-40)53-52(55-50-15-6-7-16-51(50)56-53)41-25-21-38(22-26-41)45-14-8-10-37-9-2-3-11-44(37)45/h2-34H. The predicted octanol–water partition coefficient (Wildman–Crippen LogP) is 14.5. The van der Waals surface area contributed by atoms with E-state index in [2.05, 4.69) is 157 Å². The summed E-state index contributed by atoms with van der Waals surface area (Å²) >= 11 is 0. The lowest BCUT2D eigenvalue weighted by Gasteiger charge is -2.14. The molecule has 0 N–H and O–H groups in total. The van der Waals surface area contributed by atoms with Gasteiger partial charge in [0.15, 0.2) is 5.69 Å². The Morgan fingerprint density at radius 1 is 0.304 bits per heavy atom. The summed E-state index contributed by atoms with van der Waals surface area (Å²) in [7, 11) is 0. The Hall–Kier alpha value is -7.67. The summed E-state index contributed by atoms with van der Waals surface area (Å²) in [4.78, 5) is 13.9. The van der Waals surface area contributed by atoms with Gasteiger partial charge in [0.1, 0.15) is 0 Å². The van der Waals surface area contributed by atoms with E-state index in [1.165, 1.54) is 43.8 Å². The summed E-state index contributed by atoms with van der Waals surface area (Å²) in [5.41, 5.74) is 15.5. The fourth-order valence-electron chi connectivity index (χ4n) is 7.87. The number of nitrogens with zero attached hydrogens (tertiary/aromatic N) is 3. The molecule has 260 valence electrons. The molecule has 0 bridgehead atoms. The third-order valence-corrected chi connectivity index (χ3v) is 10.7. The van der Waals surface area contributed by atoms with Crippen molar-refractivity contribution in [2.24, 2.45) is 0 Å². The normalized spacial score (nSPS) is 11.2. The maximum absolute atomic E-state index is 7.25. The highest BCUT2D eigenvalue weighted by atomic mass is 14.8. The Kier molecular flexibility index (Phi) is 8.21. The minimum Gasteiger partial charge on any atom is -0.244 e. The van der Waals surface area contributed by atoms with Crippen molar-refractivity contribution in [2.45, 2.75) is 0 Å². The Balaban J connectivity index is 0.998. The summed E-state index contributed by atoms with van der Waals surface area (Å²) in [5, 5.41) is 4.88. The van der Waals surface area contributed by atoms with Gasteiger partial charge in [-0.1, -0.05) is 188 Å². The van der Waals surface area contributed by atoms with Gasteiger partial charge in [-0.05, 0) is 78.2 Å². The molecule has 3 heteroatoms. The van der Waals surface area contributed by atoms with Crippen molar-refractivity contribution < 1.29 is 0 Å². The monoisotopic (exact) mass is 711 g/mol. The van der Waals surface area contributed by atoms with Crippen LogP contribution in [-0.2, 0) is 0 Å². The minimum atomic E-state index is 0.651. The minimum absolute atomic E-state index is 0.651. The maximum Gasteiger partial charge on any atom is 0.187 e. The van der Waals surface area contributed by atoms with Crippen LogP contribution in [-0.4, -0.2) is 9.97 Å². The summed E-state index contributed by atoms with van der Waals surface area (Å²) < 4.78 is 0. The van der Waals surface area contributed by atoms with Crippen LogP contribution in [0.15, 0.2) is 200 Å². The molecule has 0 saturated heterocycles. The average molecular weight is 712 g/mol. The second-order valence-electron chi connectivity index (χ2n) is 14.0. The van der Waals surface area contributed by atoms with Crippen LogP contribution >= 0.6 is 0 Å². The molecule has 56 heavy (non-hydrogen) atoms. The molecule has 0 fully saturated rings. The van der Waals surface area contributed by atoms with Gasteiger partial charge in [-0.15, -0.1) is 0 Å². The van der Waals surface area contributed by atoms with Gasteiger partial charge < -0.3 is 0 Å². The number of para-hydroxylation sites is 2. The molecule has 0 atom stereocenters. The lowest BCUT2D eigenvalue weighted by molar-refractivity contribution is 1.29. The van der Waals surface area contributed by atoms with Gasteiger partial charge in [-0.3, -0.25) is 0 Å². The zero-order valence-corrected chi connectivity index (χ0v) is 30.4. The van der Waals surface area contributed by atoms with Gasteiger partial charge >= 0.3 is 0 Å². The van der Waals surface area contributed by atoms with E-state index in [0.29, 0.717) is 5.69 Å². The molecule has 0 unspecified atom stereocenters. The van der Waals surface area contributed by atoms with Crippen molar-refractivity contribution in [1.82, 2.24) is 9.97 Å². The number of rotatable bonds is 6. The van der Waals surface area contributed by atoms with E-state index < -0.39 is 0 Å². The van der Waals surface area contributed by atoms with Crippen molar-refractivity contribution in [3.8, 4) is 67.0 Å². The smallest absolute Gasteiger partial charge is 0.187 e. The average Bonchev–Trinajstić information content (AvgIpc) is 3.28. The second-order valence-corrected chi connectivity index (χ2v) is 14.0. The molecule has 1 aromatic heterocycles. The molecule has 0 amide bonds. The highest BCUT2D eigenvalue weighted by Gasteiger charge is 2.16. The molecule has 0 aliphatic heterocycles. The van der Waals surface area contributed by atoms with Gasteiger partial charge in [0.05, 0.1) is 29.0 Å². The van der Waals surface area contributed by atoms with Gasteiger partial charge in [-0.2, -0.15) is 0 Å². The summed E-state index contributed by atoms with van der Waals surface area (Å²) in [5.74, 6) is 0. The van der Waals surface area contributed by atoms with Crippen LogP contribution in [0, 0.1) is 6.57 Å². The first kappa shape index (κ1) is 32.9. The third-order valence-electron chi connectivity index (χ3n) is 10.7. The molecule has 10 rings (SSSR count). The molecule has 0 saturated carbocycles. The predicted molar refractivity (Wildman–Crippen MR) is 233 cm³/mol. The Morgan fingerprint density at radius 3 is 1.18 bits per heavy atom. The van der Waals surface area contributed by atoms with Gasteiger partial charge in [-0.25, -0.2) is 14.8 Å². The van der Waals surface area contributed by atoms with Crippen LogP contribution < -0.4 is 0 Å². The van der Waals surface area contributed by atoms with Gasteiger partial charge in [0, 0.05) is 11.1 Å². The molecule has 1 heterocycles. The summed E-state index contributed by atoms with van der Waals surface area (Å²) in [6, 6.07) is 70.2. The summed E-state index contributed by atoms with van der Waals surface area (Å²) in [6.07, 6.45) is 0. The number of hydrogen-bond donors (Lipinski definition) is 0. The molecule has 0 radical (unpaired) electrons. The van der Waals surface area contributed by atoms with Crippen LogP contribution in [0.25, 0.3) is 104 Å². The van der Waals surface area contributed by atoms with E-state index in [9.17, 15) is 0 Å². The molecular weight excluding hydrogens is 679 g/mol. The largest absolute Gasteiger partial charge is 0.244 e.